The molecule has 4 nitrogen and oxygen atoms in total. The van der Waals surface area contributed by atoms with E-state index in [0.29, 0.717) is 12.1 Å². The van der Waals surface area contributed by atoms with Gasteiger partial charge in [-0.3, -0.25) is 4.79 Å². The highest BCUT2D eigenvalue weighted by Gasteiger charge is 2.13. The van der Waals surface area contributed by atoms with Gasteiger partial charge in [0.05, 0.1) is 0 Å². The molecular formula is C32H25N3O. The molecule has 36 heavy (non-hydrogen) atoms. The van der Waals surface area contributed by atoms with Gasteiger partial charge < -0.3 is 10.3 Å². The summed E-state index contributed by atoms with van der Waals surface area (Å²) in [6.07, 6.45) is 2.61. The van der Waals surface area contributed by atoms with Crippen LogP contribution in [0, 0.1) is 0 Å². The quantitative estimate of drug-likeness (QED) is 0.276. The van der Waals surface area contributed by atoms with Crippen LogP contribution in [0.1, 0.15) is 15.9 Å². The van der Waals surface area contributed by atoms with Crippen molar-refractivity contribution in [2.75, 3.05) is 6.54 Å². The van der Waals surface area contributed by atoms with Crippen LogP contribution in [0.25, 0.3) is 44.2 Å². The normalized spacial score (nSPS) is 11.1. The minimum atomic E-state index is -0.0470. The number of fused-ring (bicyclic) bond motifs is 3. The average Bonchev–Trinajstić information content (AvgIpc) is 3.32. The van der Waals surface area contributed by atoms with E-state index < -0.39 is 0 Å². The van der Waals surface area contributed by atoms with E-state index in [4.69, 9.17) is 0 Å². The fourth-order valence-corrected chi connectivity index (χ4v) is 4.74. The minimum Gasteiger partial charge on any atom is -0.352 e. The van der Waals surface area contributed by atoms with Gasteiger partial charge in [0.15, 0.2) is 0 Å². The van der Waals surface area contributed by atoms with Crippen LogP contribution in [-0.2, 0) is 6.42 Å². The van der Waals surface area contributed by atoms with E-state index in [-0.39, 0.29) is 5.91 Å². The predicted molar refractivity (Wildman–Crippen MR) is 147 cm³/mol. The summed E-state index contributed by atoms with van der Waals surface area (Å²) in [5, 5.41) is 5.29. The van der Waals surface area contributed by atoms with E-state index in [9.17, 15) is 4.79 Å². The number of aromatic amines is 1. The Labute approximate surface area is 209 Å². The van der Waals surface area contributed by atoms with Crippen LogP contribution in [0.2, 0.25) is 0 Å². The lowest BCUT2D eigenvalue weighted by molar-refractivity contribution is 0.0954. The zero-order valence-electron chi connectivity index (χ0n) is 19.7. The zero-order valence-corrected chi connectivity index (χ0v) is 19.7. The van der Waals surface area contributed by atoms with Crippen molar-refractivity contribution in [3.8, 4) is 22.3 Å². The minimum absolute atomic E-state index is 0.0470. The van der Waals surface area contributed by atoms with Crippen LogP contribution in [0.15, 0.2) is 115 Å². The number of amides is 1. The molecule has 2 N–H and O–H groups in total. The number of carbonyl (C=O) groups is 1. The fourth-order valence-electron chi connectivity index (χ4n) is 4.74. The van der Waals surface area contributed by atoms with Crippen LogP contribution in [0.3, 0.4) is 0 Å². The van der Waals surface area contributed by atoms with Gasteiger partial charge in [0.25, 0.3) is 5.91 Å². The molecule has 0 spiro atoms. The third-order valence-corrected chi connectivity index (χ3v) is 6.60. The Kier molecular flexibility index (Phi) is 5.76. The van der Waals surface area contributed by atoms with Crippen molar-refractivity contribution in [3.05, 3.63) is 127 Å². The molecule has 0 aliphatic rings. The Morgan fingerprint density at radius 2 is 1.44 bits per heavy atom. The smallest absolute Gasteiger partial charge is 0.251 e. The molecular weight excluding hydrogens is 442 g/mol. The van der Waals surface area contributed by atoms with Gasteiger partial charge in [0.1, 0.15) is 5.65 Å². The number of nitrogens with zero attached hydrogens (tertiary/aromatic N) is 1. The number of hydrogen-bond donors (Lipinski definition) is 2. The molecule has 2 aromatic heterocycles. The number of H-pyrrole nitrogens is 1. The summed E-state index contributed by atoms with van der Waals surface area (Å²) in [4.78, 5) is 20.4. The molecule has 0 radical (unpaired) electrons. The molecule has 0 fully saturated rings. The average molecular weight is 468 g/mol. The first kappa shape index (κ1) is 21.8. The Morgan fingerprint density at radius 3 is 2.22 bits per heavy atom. The van der Waals surface area contributed by atoms with Gasteiger partial charge in [-0.2, -0.15) is 0 Å². The summed E-state index contributed by atoms with van der Waals surface area (Å²) in [5.41, 5.74) is 8.50. The third kappa shape index (κ3) is 4.25. The number of aromatic nitrogens is 2. The fraction of sp³-hybridized carbons (Fsp3) is 0.0625. The van der Waals surface area contributed by atoms with Crippen LogP contribution in [0.4, 0.5) is 0 Å². The molecule has 0 saturated heterocycles. The first-order chi connectivity index (χ1) is 17.8. The summed E-state index contributed by atoms with van der Waals surface area (Å²) >= 11 is 0. The Morgan fingerprint density at radius 1 is 0.750 bits per heavy atom. The third-order valence-electron chi connectivity index (χ3n) is 6.60. The van der Waals surface area contributed by atoms with Crippen molar-refractivity contribution < 1.29 is 4.79 Å². The van der Waals surface area contributed by atoms with Gasteiger partial charge >= 0.3 is 0 Å². The van der Waals surface area contributed by atoms with E-state index in [0.717, 1.165) is 39.5 Å². The molecule has 0 saturated carbocycles. The van der Waals surface area contributed by atoms with Crippen molar-refractivity contribution in [1.29, 1.82) is 0 Å². The molecule has 0 atom stereocenters. The first-order valence-electron chi connectivity index (χ1n) is 12.1. The Bertz CT molecular complexity index is 1650. The summed E-state index contributed by atoms with van der Waals surface area (Å²) in [5.74, 6) is -0.0470. The molecule has 4 aromatic carbocycles. The largest absolute Gasteiger partial charge is 0.352 e. The maximum Gasteiger partial charge on any atom is 0.251 e. The second kappa shape index (κ2) is 9.51. The van der Waals surface area contributed by atoms with E-state index in [2.05, 4.69) is 88.1 Å². The molecule has 6 aromatic rings. The summed E-state index contributed by atoms with van der Waals surface area (Å²) in [7, 11) is 0. The molecule has 1 amide bonds. The second-order valence-corrected chi connectivity index (χ2v) is 8.90. The standard InChI is InChI=1S/C32H25N3O/c36-32(26-9-5-2-6-10-26)34-19-17-22-11-16-29-28(21-22)30-27(18-20-33-31(30)35-29)25-14-12-24(13-15-25)23-7-3-1-4-8-23/h1-16,18,20-21H,17,19H2,(H,33,35)(H,34,36). The van der Waals surface area contributed by atoms with E-state index in [1.54, 1.807) is 0 Å². The van der Waals surface area contributed by atoms with Crippen LogP contribution in [0.5, 0.6) is 0 Å². The summed E-state index contributed by atoms with van der Waals surface area (Å²) < 4.78 is 0. The van der Waals surface area contributed by atoms with Crippen molar-refractivity contribution in [2.24, 2.45) is 0 Å². The Hall–Kier alpha value is -4.70. The van der Waals surface area contributed by atoms with Gasteiger partial charge in [-0.25, -0.2) is 4.98 Å². The van der Waals surface area contributed by atoms with Gasteiger partial charge in [0.2, 0.25) is 0 Å². The number of rotatable bonds is 6. The zero-order chi connectivity index (χ0) is 24.3. The maximum absolute atomic E-state index is 12.4. The van der Waals surface area contributed by atoms with Gasteiger partial charge in [-0.05, 0) is 64.6 Å². The second-order valence-electron chi connectivity index (χ2n) is 8.90. The lowest BCUT2D eigenvalue weighted by Gasteiger charge is -2.08. The lowest BCUT2D eigenvalue weighted by atomic mass is 9.97. The van der Waals surface area contributed by atoms with E-state index >= 15 is 0 Å². The van der Waals surface area contributed by atoms with Gasteiger partial charge in [-0.15, -0.1) is 0 Å². The van der Waals surface area contributed by atoms with Crippen molar-refractivity contribution in [2.45, 2.75) is 6.42 Å². The highest BCUT2D eigenvalue weighted by Crippen LogP contribution is 2.35. The Balaban J connectivity index is 1.29. The van der Waals surface area contributed by atoms with E-state index in [1.165, 1.54) is 16.7 Å². The van der Waals surface area contributed by atoms with E-state index in [1.807, 2.05) is 42.6 Å². The maximum atomic E-state index is 12.4. The van der Waals surface area contributed by atoms with Crippen molar-refractivity contribution in [3.63, 3.8) is 0 Å². The number of benzene rings is 4. The number of nitrogens with one attached hydrogen (secondary N) is 2. The summed E-state index contributed by atoms with van der Waals surface area (Å²) in [6, 6.07) is 37.0. The van der Waals surface area contributed by atoms with Crippen molar-refractivity contribution >= 4 is 27.8 Å². The van der Waals surface area contributed by atoms with Crippen LogP contribution in [-0.4, -0.2) is 22.4 Å². The highest BCUT2D eigenvalue weighted by molar-refractivity contribution is 6.13. The number of pyridine rings is 1. The first-order valence-corrected chi connectivity index (χ1v) is 12.1. The molecule has 6 rings (SSSR count). The molecule has 0 unspecified atom stereocenters. The highest BCUT2D eigenvalue weighted by atomic mass is 16.1. The number of hydrogen-bond acceptors (Lipinski definition) is 2. The molecule has 0 aliphatic carbocycles. The molecule has 174 valence electrons. The topological polar surface area (TPSA) is 57.8 Å². The van der Waals surface area contributed by atoms with Gasteiger partial charge in [-0.1, -0.05) is 78.9 Å². The SMILES string of the molecule is O=C(NCCc1ccc2[nH]c3nccc(-c4ccc(-c5ccccc5)cc4)c3c2c1)c1ccccc1. The molecule has 0 bridgehead atoms. The monoisotopic (exact) mass is 467 g/mol. The number of carbonyl (C=O) groups excluding carboxylic acids is 1. The van der Waals surface area contributed by atoms with Crippen LogP contribution >= 0.6 is 0 Å². The molecule has 4 heteroatoms. The van der Waals surface area contributed by atoms with Crippen LogP contribution < -0.4 is 5.32 Å². The predicted octanol–water partition coefficient (Wildman–Crippen LogP) is 7.02. The molecule has 2 heterocycles. The molecule has 0 aliphatic heterocycles. The summed E-state index contributed by atoms with van der Waals surface area (Å²) in [6.45, 7) is 0.577. The van der Waals surface area contributed by atoms with Crippen molar-refractivity contribution in [1.82, 2.24) is 15.3 Å². The van der Waals surface area contributed by atoms with Gasteiger partial charge in [0, 0.05) is 34.6 Å². The lowest BCUT2D eigenvalue weighted by Crippen LogP contribution is -2.25.